The van der Waals surface area contributed by atoms with Crippen LogP contribution in [0.4, 0.5) is 4.79 Å². The first-order valence-corrected chi connectivity index (χ1v) is 6.79. The Bertz CT molecular complexity index is 335. The normalized spacial score (nSPS) is 24.1. The third-order valence-corrected chi connectivity index (χ3v) is 4.18. The molecule has 1 aliphatic heterocycles. The highest BCUT2D eigenvalue weighted by Gasteiger charge is 2.39. The molecule has 1 heterocycles. The highest BCUT2D eigenvalue weighted by molar-refractivity contribution is 8.00. The van der Waals surface area contributed by atoms with Crippen LogP contribution in [0, 0.1) is 0 Å². The summed E-state index contributed by atoms with van der Waals surface area (Å²) in [7, 11) is 1.57. The Balaban J connectivity index is 2.62. The molecule has 0 aliphatic carbocycles. The molecule has 0 spiro atoms. The Morgan fingerprint density at radius 2 is 2.17 bits per heavy atom. The summed E-state index contributed by atoms with van der Waals surface area (Å²) in [5, 5.41) is 11.7. The Morgan fingerprint density at radius 1 is 1.56 bits per heavy atom. The molecular formula is C11H20N2O4S. The molecule has 2 unspecified atom stereocenters. The molecule has 0 aromatic carbocycles. The summed E-state index contributed by atoms with van der Waals surface area (Å²) < 4.78 is 5.20. The van der Waals surface area contributed by atoms with Crippen molar-refractivity contribution in [2.24, 2.45) is 0 Å². The van der Waals surface area contributed by atoms with E-state index in [9.17, 15) is 9.59 Å². The summed E-state index contributed by atoms with van der Waals surface area (Å²) in [4.78, 5) is 24.4. The molecule has 2 N–H and O–H groups in total. The van der Waals surface area contributed by atoms with Crippen molar-refractivity contribution in [1.82, 2.24) is 10.2 Å². The molecule has 0 radical (unpaired) electrons. The number of carboxylic acids is 1. The smallest absolute Gasteiger partial charge is 0.327 e. The van der Waals surface area contributed by atoms with Crippen LogP contribution in [-0.4, -0.2) is 58.4 Å². The molecule has 104 valence electrons. The molecule has 1 fully saturated rings. The minimum absolute atomic E-state index is 0.128. The summed E-state index contributed by atoms with van der Waals surface area (Å²) >= 11 is 1.46. The fourth-order valence-electron chi connectivity index (χ4n) is 1.59. The maximum atomic E-state index is 12.0. The van der Waals surface area contributed by atoms with Crippen LogP contribution in [0.15, 0.2) is 0 Å². The van der Waals surface area contributed by atoms with Crippen molar-refractivity contribution in [3.63, 3.8) is 0 Å². The third-order valence-electron chi connectivity index (χ3n) is 2.96. The van der Waals surface area contributed by atoms with Gasteiger partial charge in [-0.25, -0.2) is 9.59 Å². The zero-order valence-corrected chi connectivity index (χ0v) is 11.9. The van der Waals surface area contributed by atoms with Crippen LogP contribution >= 0.6 is 11.8 Å². The monoisotopic (exact) mass is 276 g/mol. The fraction of sp³-hybridized carbons (Fsp3) is 0.818. The first-order chi connectivity index (χ1) is 8.28. The lowest BCUT2D eigenvalue weighted by atomic mass is 10.1. The highest BCUT2D eigenvalue weighted by atomic mass is 32.2. The Morgan fingerprint density at radius 3 is 2.67 bits per heavy atom. The number of aliphatic carboxylic acids is 1. The van der Waals surface area contributed by atoms with Gasteiger partial charge < -0.3 is 15.2 Å². The van der Waals surface area contributed by atoms with Gasteiger partial charge in [-0.3, -0.25) is 4.90 Å². The molecule has 1 aliphatic rings. The van der Waals surface area contributed by atoms with Gasteiger partial charge in [-0.1, -0.05) is 0 Å². The minimum Gasteiger partial charge on any atom is -0.480 e. The molecule has 1 rings (SSSR count). The van der Waals surface area contributed by atoms with Gasteiger partial charge >= 0.3 is 12.0 Å². The summed E-state index contributed by atoms with van der Waals surface area (Å²) in [6.07, 6.45) is 0. The van der Waals surface area contributed by atoms with Crippen LogP contribution in [-0.2, 0) is 9.53 Å². The lowest BCUT2D eigenvalue weighted by Gasteiger charge is -2.28. The molecule has 6 nitrogen and oxygen atoms in total. The quantitative estimate of drug-likeness (QED) is 0.800. The number of carboxylic acid groups (broad SMARTS) is 1. The van der Waals surface area contributed by atoms with Gasteiger partial charge in [-0.05, 0) is 20.8 Å². The number of amides is 2. The van der Waals surface area contributed by atoms with Crippen molar-refractivity contribution >= 4 is 23.8 Å². The molecule has 0 bridgehead atoms. The number of hydrogen-bond donors (Lipinski definition) is 2. The zero-order chi connectivity index (χ0) is 13.9. The number of carbonyl (C=O) groups excluding carboxylic acids is 1. The van der Waals surface area contributed by atoms with Crippen molar-refractivity contribution in [1.29, 1.82) is 0 Å². The fourth-order valence-corrected chi connectivity index (χ4v) is 2.76. The molecular weight excluding hydrogens is 256 g/mol. The average molecular weight is 276 g/mol. The van der Waals surface area contributed by atoms with Gasteiger partial charge in [0.2, 0.25) is 0 Å². The van der Waals surface area contributed by atoms with E-state index in [0.29, 0.717) is 12.3 Å². The van der Waals surface area contributed by atoms with Crippen molar-refractivity contribution in [2.75, 3.05) is 19.4 Å². The maximum absolute atomic E-state index is 12.0. The largest absolute Gasteiger partial charge is 0.480 e. The van der Waals surface area contributed by atoms with E-state index in [1.165, 1.54) is 16.7 Å². The van der Waals surface area contributed by atoms with Gasteiger partial charge in [0.05, 0.1) is 11.0 Å². The molecule has 1 saturated heterocycles. The summed E-state index contributed by atoms with van der Waals surface area (Å²) in [5.74, 6) is -0.537. The van der Waals surface area contributed by atoms with Gasteiger partial charge in [-0.15, -0.1) is 11.8 Å². The molecule has 2 atom stereocenters. The number of urea groups is 1. The summed E-state index contributed by atoms with van der Waals surface area (Å²) in [5.41, 5.74) is -0.468. The zero-order valence-electron chi connectivity index (χ0n) is 11.1. The van der Waals surface area contributed by atoms with E-state index in [-0.39, 0.29) is 11.4 Å². The number of nitrogens with one attached hydrogen (secondary N) is 1. The Kier molecular flexibility index (Phi) is 4.86. The average Bonchev–Trinajstić information content (AvgIpc) is 2.68. The van der Waals surface area contributed by atoms with Crippen LogP contribution in [0.25, 0.3) is 0 Å². The molecule has 0 saturated carbocycles. The van der Waals surface area contributed by atoms with E-state index >= 15 is 0 Å². The predicted octanol–water partition coefficient (Wildman–Crippen LogP) is 0.969. The van der Waals surface area contributed by atoms with Crippen molar-refractivity contribution < 1.29 is 19.4 Å². The van der Waals surface area contributed by atoms with E-state index in [1.54, 1.807) is 7.11 Å². The number of hydrogen-bond acceptors (Lipinski definition) is 4. The molecule has 2 amide bonds. The number of nitrogens with zero attached hydrogens (tertiary/aromatic N) is 1. The van der Waals surface area contributed by atoms with E-state index in [2.05, 4.69) is 5.32 Å². The van der Waals surface area contributed by atoms with Gasteiger partial charge in [0.1, 0.15) is 6.04 Å². The van der Waals surface area contributed by atoms with Gasteiger partial charge in [0.25, 0.3) is 0 Å². The van der Waals surface area contributed by atoms with Crippen molar-refractivity contribution in [3.8, 4) is 0 Å². The first kappa shape index (κ1) is 15.1. The standard InChI is InChI=1S/C11H20N2O4S/c1-7-13(8(5-18-7)9(14)15)10(16)12-6-11(2,3)17-4/h7-8H,5-6H2,1-4H3,(H,12,16)(H,14,15). The summed E-state index contributed by atoms with van der Waals surface area (Å²) in [6.45, 7) is 5.87. The topological polar surface area (TPSA) is 78.9 Å². The SMILES string of the molecule is COC(C)(C)CNC(=O)N1C(C)SCC1C(=O)O. The van der Waals surface area contributed by atoms with Crippen LogP contribution in [0.1, 0.15) is 20.8 Å². The Labute approximate surface area is 111 Å². The van der Waals surface area contributed by atoms with Gasteiger partial charge in [-0.2, -0.15) is 0 Å². The number of ether oxygens (including phenoxy) is 1. The number of carbonyl (C=O) groups is 2. The molecule has 7 heteroatoms. The van der Waals surface area contributed by atoms with E-state index < -0.39 is 17.6 Å². The van der Waals surface area contributed by atoms with Gasteiger partial charge in [0, 0.05) is 19.4 Å². The van der Waals surface area contributed by atoms with Crippen LogP contribution in [0.5, 0.6) is 0 Å². The van der Waals surface area contributed by atoms with Crippen LogP contribution in [0.2, 0.25) is 0 Å². The second-order valence-corrected chi connectivity index (χ2v) is 6.17. The third kappa shape index (κ3) is 3.52. The first-order valence-electron chi connectivity index (χ1n) is 5.74. The molecule has 0 aromatic rings. The molecule has 0 aromatic heterocycles. The predicted molar refractivity (Wildman–Crippen MR) is 69.7 cm³/mol. The lowest BCUT2D eigenvalue weighted by Crippen LogP contribution is -2.52. The molecule has 18 heavy (non-hydrogen) atoms. The Hall–Kier alpha value is -0.950. The lowest BCUT2D eigenvalue weighted by molar-refractivity contribution is -0.141. The maximum Gasteiger partial charge on any atom is 0.327 e. The van der Waals surface area contributed by atoms with Crippen LogP contribution < -0.4 is 5.32 Å². The number of thioether (sulfide) groups is 1. The van der Waals surface area contributed by atoms with Crippen LogP contribution in [0.3, 0.4) is 0 Å². The second kappa shape index (κ2) is 5.79. The second-order valence-electron chi connectivity index (χ2n) is 4.82. The number of rotatable bonds is 4. The summed E-state index contributed by atoms with van der Waals surface area (Å²) in [6, 6.07) is -1.11. The van der Waals surface area contributed by atoms with Gasteiger partial charge in [0.15, 0.2) is 0 Å². The van der Waals surface area contributed by atoms with E-state index in [4.69, 9.17) is 9.84 Å². The van der Waals surface area contributed by atoms with Crippen molar-refractivity contribution in [2.45, 2.75) is 37.8 Å². The minimum atomic E-state index is -0.965. The van der Waals surface area contributed by atoms with Crippen molar-refractivity contribution in [3.05, 3.63) is 0 Å². The highest BCUT2D eigenvalue weighted by Crippen LogP contribution is 2.28. The van der Waals surface area contributed by atoms with E-state index in [0.717, 1.165) is 0 Å². The number of methoxy groups -OCH3 is 1. The van der Waals surface area contributed by atoms with E-state index in [1.807, 2.05) is 20.8 Å².